The summed E-state index contributed by atoms with van der Waals surface area (Å²) in [7, 11) is 0. The van der Waals surface area contributed by atoms with Gasteiger partial charge in [-0.25, -0.2) is 15.0 Å². The molecule has 2 N–H and O–H groups in total. The van der Waals surface area contributed by atoms with Crippen LogP contribution in [0.1, 0.15) is 25.5 Å². The molecule has 1 atom stereocenters. The average Bonchev–Trinajstić information content (AvgIpc) is 3.12. The highest BCUT2D eigenvalue weighted by Gasteiger charge is 2.23. The summed E-state index contributed by atoms with van der Waals surface area (Å²) >= 11 is 0. The fourth-order valence-electron chi connectivity index (χ4n) is 3.46. The van der Waals surface area contributed by atoms with Crippen LogP contribution in [0.25, 0.3) is 11.2 Å². The maximum Gasteiger partial charge on any atom is 0.182 e. The fraction of sp³-hybridized carbons (Fsp3) is 0.471. The van der Waals surface area contributed by atoms with Crippen LogP contribution in [-0.4, -0.2) is 55.1 Å². The molecule has 0 radical (unpaired) electrons. The number of piperidine rings is 1. The van der Waals surface area contributed by atoms with E-state index in [1.807, 2.05) is 6.20 Å². The van der Waals surface area contributed by atoms with E-state index >= 15 is 0 Å². The van der Waals surface area contributed by atoms with Crippen molar-refractivity contribution in [3.63, 3.8) is 0 Å². The third-order valence-electron chi connectivity index (χ3n) is 4.65. The van der Waals surface area contributed by atoms with Gasteiger partial charge in [0, 0.05) is 50.2 Å². The van der Waals surface area contributed by atoms with E-state index in [-0.39, 0.29) is 0 Å². The van der Waals surface area contributed by atoms with Crippen LogP contribution in [0.4, 0.5) is 5.82 Å². The molecular weight excluding hydrogens is 316 g/mol. The molecule has 0 aromatic carbocycles. The zero-order valence-electron chi connectivity index (χ0n) is 14.3. The van der Waals surface area contributed by atoms with E-state index in [1.54, 1.807) is 25.0 Å². The summed E-state index contributed by atoms with van der Waals surface area (Å²) in [6, 6.07) is 0.897. The zero-order chi connectivity index (χ0) is 17.1. The standard InChI is InChI=1S/C17H22N8/c1-12(8-14-9-18-4-5-19-14)24-13-2-6-25(7-3-13)17-15-16(21-10-20-15)22-11-23-17/h4-5,9-13,24H,2-3,6-8H2,1H3,(H,20,21,22,23)/t12-/m0/s1. The van der Waals surface area contributed by atoms with E-state index in [4.69, 9.17) is 0 Å². The van der Waals surface area contributed by atoms with Crippen molar-refractivity contribution in [3.05, 3.63) is 36.9 Å². The van der Waals surface area contributed by atoms with Crippen molar-refractivity contribution in [2.45, 2.75) is 38.3 Å². The van der Waals surface area contributed by atoms with E-state index in [0.717, 1.165) is 55.0 Å². The van der Waals surface area contributed by atoms with Crippen molar-refractivity contribution in [3.8, 4) is 0 Å². The van der Waals surface area contributed by atoms with Gasteiger partial charge < -0.3 is 15.2 Å². The number of nitrogens with zero attached hydrogens (tertiary/aromatic N) is 6. The normalized spacial score (nSPS) is 17.1. The molecule has 4 heterocycles. The molecule has 130 valence electrons. The summed E-state index contributed by atoms with van der Waals surface area (Å²) in [5, 5.41) is 3.72. The summed E-state index contributed by atoms with van der Waals surface area (Å²) in [6.07, 6.45) is 11.6. The number of H-pyrrole nitrogens is 1. The minimum Gasteiger partial charge on any atom is -0.355 e. The van der Waals surface area contributed by atoms with Crippen molar-refractivity contribution >= 4 is 17.0 Å². The predicted molar refractivity (Wildman–Crippen MR) is 95.3 cm³/mol. The van der Waals surface area contributed by atoms with Crippen LogP contribution < -0.4 is 10.2 Å². The molecule has 4 rings (SSSR count). The van der Waals surface area contributed by atoms with E-state index < -0.39 is 0 Å². The Hall–Kier alpha value is -2.61. The lowest BCUT2D eigenvalue weighted by Gasteiger charge is -2.34. The number of aromatic amines is 1. The molecule has 1 saturated heterocycles. The van der Waals surface area contributed by atoms with E-state index in [2.05, 4.69) is 47.0 Å². The second kappa shape index (κ2) is 7.10. The first-order valence-corrected chi connectivity index (χ1v) is 8.69. The fourth-order valence-corrected chi connectivity index (χ4v) is 3.46. The number of imidazole rings is 1. The molecule has 0 aliphatic carbocycles. The number of hydrogen-bond donors (Lipinski definition) is 2. The van der Waals surface area contributed by atoms with Crippen molar-refractivity contribution in [2.75, 3.05) is 18.0 Å². The van der Waals surface area contributed by atoms with Crippen molar-refractivity contribution in [1.82, 2.24) is 35.2 Å². The summed E-state index contributed by atoms with van der Waals surface area (Å²) < 4.78 is 0. The maximum absolute atomic E-state index is 4.45. The van der Waals surface area contributed by atoms with E-state index in [9.17, 15) is 0 Å². The Kier molecular flexibility index (Phi) is 4.51. The molecule has 8 nitrogen and oxygen atoms in total. The Labute approximate surface area is 146 Å². The van der Waals surface area contributed by atoms with Crippen LogP contribution in [0.15, 0.2) is 31.2 Å². The van der Waals surface area contributed by atoms with Gasteiger partial charge in [0.1, 0.15) is 11.8 Å². The van der Waals surface area contributed by atoms with Gasteiger partial charge in [0.05, 0.1) is 12.0 Å². The lowest BCUT2D eigenvalue weighted by atomic mass is 10.0. The van der Waals surface area contributed by atoms with Gasteiger partial charge in [0.2, 0.25) is 0 Å². The van der Waals surface area contributed by atoms with Gasteiger partial charge >= 0.3 is 0 Å². The second-order valence-corrected chi connectivity index (χ2v) is 6.53. The van der Waals surface area contributed by atoms with Crippen LogP contribution in [0.2, 0.25) is 0 Å². The monoisotopic (exact) mass is 338 g/mol. The summed E-state index contributed by atoms with van der Waals surface area (Å²) in [4.78, 5) is 26.8. The van der Waals surface area contributed by atoms with Crippen LogP contribution in [0, 0.1) is 0 Å². The summed E-state index contributed by atoms with van der Waals surface area (Å²) in [5.41, 5.74) is 2.68. The number of hydrogen-bond acceptors (Lipinski definition) is 7. The van der Waals surface area contributed by atoms with Crippen molar-refractivity contribution in [2.24, 2.45) is 0 Å². The Morgan fingerprint density at radius 1 is 1.20 bits per heavy atom. The second-order valence-electron chi connectivity index (χ2n) is 6.53. The molecule has 25 heavy (non-hydrogen) atoms. The first kappa shape index (κ1) is 15.9. The minimum atomic E-state index is 0.381. The molecule has 1 aliphatic rings. The van der Waals surface area contributed by atoms with Crippen molar-refractivity contribution in [1.29, 1.82) is 0 Å². The lowest BCUT2D eigenvalue weighted by molar-refractivity contribution is 0.373. The van der Waals surface area contributed by atoms with E-state index in [1.165, 1.54) is 0 Å². The Morgan fingerprint density at radius 2 is 2.08 bits per heavy atom. The van der Waals surface area contributed by atoms with Gasteiger partial charge in [-0.2, -0.15) is 0 Å². The summed E-state index contributed by atoms with van der Waals surface area (Å²) in [6.45, 7) is 4.15. The van der Waals surface area contributed by atoms with Gasteiger partial charge in [-0.05, 0) is 19.8 Å². The Morgan fingerprint density at radius 3 is 2.88 bits per heavy atom. The molecule has 0 spiro atoms. The highest BCUT2D eigenvalue weighted by Crippen LogP contribution is 2.23. The van der Waals surface area contributed by atoms with Gasteiger partial charge in [-0.15, -0.1) is 0 Å². The minimum absolute atomic E-state index is 0.381. The third-order valence-corrected chi connectivity index (χ3v) is 4.65. The zero-order valence-corrected chi connectivity index (χ0v) is 14.3. The molecule has 0 bridgehead atoms. The van der Waals surface area contributed by atoms with Crippen molar-refractivity contribution < 1.29 is 0 Å². The largest absolute Gasteiger partial charge is 0.355 e. The topological polar surface area (TPSA) is 95.5 Å². The van der Waals surface area contributed by atoms with Gasteiger partial charge in [0.15, 0.2) is 11.5 Å². The quantitative estimate of drug-likeness (QED) is 0.724. The Balaban J connectivity index is 1.33. The maximum atomic E-state index is 4.45. The summed E-state index contributed by atoms with van der Waals surface area (Å²) in [5.74, 6) is 0.952. The highest BCUT2D eigenvalue weighted by molar-refractivity contribution is 5.82. The number of nitrogens with one attached hydrogen (secondary N) is 2. The molecule has 0 unspecified atom stereocenters. The smallest absolute Gasteiger partial charge is 0.182 e. The molecule has 1 fully saturated rings. The van der Waals surface area contributed by atoms with Crippen LogP contribution in [0.3, 0.4) is 0 Å². The van der Waals surface area contributed by atoms with Gasteiger partial charge in [0.25, 0.3) is 0 Å². The van der Waals surface area contributed by atoms with E-state index in [0.29, 0.717) is 12.1 Å². The SMILES string of the molecule is C[C@@H](Cc1cnccn1)NC1CCN(c2ncnc3nc[nH]c23)CC1. The molecule has 0 amide bonds. The number of anilines is 1. The number of fused-ring (bicyclic) bond motifs is 1. The van der Waals surface area contributed by atoms with Crippen LogP contribution in [-0.2, 0) is 6.42 Å². The molecule has 3 aromatic rings. The lowest BCUT2D eigenvalue weighted by Crippen LogP contribution is -2.46. The average molecular weight is 338 g/mol. The molecular formula is C17H22N8. The van der Waals surface area contributed by atoms with Gasteiger partial charge in [-0.3, -0.25) is 9.97 Å². The van der Waals surface area contributed by atoms with Crippen LogP contribution in [0.5, 0.6) is 0 Å². The Bertz CT molecular complexity index is 810. The molecule has 3 aromatic heterocycles. The first-order valence-electron chi connectivity index (χ1n) is 8.69. The first-order chi connectivity index (χ1) is 12.3. The van der Waals surface area contributed by atoms with Crippen LogP contribution >= 0.6 is 0 Å². The molecule has 0 saturated carbocycles. The number of aromatic nitrogens is 6. The third kappa shape index (κ3) is 3.58. The highest BCUT2D eigenvalue weighted by atomic mass is 15.2. The predicted octanol–water partition coefficient (Wildman–Crippen LogP) is 1.33. The number of rotatable bonds is 5. The molecule has 8 heteroatoms. The van der Waals surface area contributed by atoms with Gasteiger partial charge in [-0.1, -0.05) is 0 Å². The molecule has 1 aliphatic heterocycles.